The molecule has 0 spiro atoms. The molecule has 3 aromatic rings. The molecule has 7 heteroatoms. The van der Waals surface area contributed by atoms with Crippen LogP contribution in [0, 0.1) is 18.7 Å². The van der Waals surface area contributed by atoms with Gasteiger partial charge in [0.05, 0.1) is 10.9 Å². The van der Waals surface area contributed by atoms with Gasteiger partial charge in [-0.05, 0) is 44.2 Å². The fraction of sp³-hybridized carbons (Fsp3) is 0.429. The fourth-order valence-corrected chi connectivity index (χ4v) is 3.88. The van der Waals surface area contributed by atoms with Crippen molar-refractivity contribution in [2.24, 2.45) is 5.92 Å². The van der Waals surface area contributed by atoms with E-state index in [2.05, 4.69) is 32.8 Å². The number of hydrogen-bond acceptors (Lipinski definition) is 5. The topological polar surface area (TPSA) is 63.9 Å². The van der Waals surface area contributed by atoms with Gasteiger partial charge in [-0.25, -0.2) is 19.3 Å². The maximum absolute atomic E-state index is 13.4. The summed E-state index contributed by atoms with van der Waals surface area (Å²) in [5.41, 5.74) is 1.38. The molecule has 1 saturated heterocycles. The van der Waals surface area contributed by atoms with Crippen LogP contribution in [0.4, 0.5) is 10.2 Å². The maximum Gasteiger partial charge on any atom is 0.261 e. The molecule has 4 rings (SSSR count). The molecule has 0 atom stereocenters. The first-order chi connectivity index (χ1) is 13.5. The number of fused-ring (bicyclic) bond motifs is 1. The maximum atomic E-state index is 13.4. The van der Waals surface area contributed by atoms with Crippen molar-refractivity contribution in [3.05, 3.63) is 58.3 Å². The lowest BCUT2D eigenvalue weighted by Crippen LogP contribution is -2.37. The average Bonchev–Trinajstić information content (AvgIpc) is 2.71. The second-order valence-electron chi connectivity index (χ2n) is 7.39. The highest BCUT2D eigenvalue weighted by Gasteiger charge is 2.22. The summed E-state index contributed by atoms with van der Waals surface area (Å²) in [6, 6.07) is 6.22. The molecule has 0 aliphatic carbocycles. The number of hydrogen-bond donors (Lipinski definition) is 0. The summed E-state index contributed by atoms with van der Waals surface area (Å²) in [7, 11) is 0. The monoisotopic (exact) mass is 381 g/mol. The van der Waals surface area contributed by atoms with Gasteiger partial charge < -0.3 is 4.90 Å². The van der Waals surface area contributed by atoms with Crippen LogP contribution in [-0.2, 0) is 13.0 Å². The molecule has 0 unspecified atom stereocenters. The van der Waals surface area contributed by atoms with Gasteiger partial charge in [-0.2, -0.15) is 0 Å². The molecule has 0 bridgehead atoms. The van der Waals surface area contributed by atoms with E-state index in [1.54, 1.807) is 10.9 Å². The fourth-order valence-electron chi connectivity index (χ4n) is 3.88. The first-order valence-electron chi connectivity index (χ1n) is 9.77. The molecule has 28 heavy (non-hydrogen) atoms. The van der Waals surface area contributed by atoms with E-state index in [1.165, 1.54) is 18.2 Å². The average molecular weight is 381 g/mol. The van der Waals surface area contributed by atoms with Crippen molar-refractivity contribution in [1.29, 1.82) is 0 Å². The molecule has 0 saturated carbocycles. The largest absolute Gasteiger partial charge is 0.356 e. The molecule has 0 N–H and O–H groups in total. The highest BCUT2D eigenvalue weighted by molar-refractivity contribution is 5.77. The zero-order valence-corrected chi connectivity index (χ0v) is 16.2. The summed E-state index contributed by atoms with van der Waals surface area (Å²) in [5.74, 6) is 1.64. The number of rotatable bonds is 4. The Kier molecular flexibility index (Phi) is 5.07. The van der Waals surface area contributed by atoms with Crippen molar-refractivity contribution in [2.45, 2.75) is 39.7 Å². The van der Waals surface area contributed by atoms with Gasteiger partial charge in [0.1, 0.15) is 23.8 Å². The second-order valence-corrected chi connectivity index (χ2v) is 7.39. The predicted octanol–water partition coefficient (Wildman–Crippen LogP) is 3.11. The van der Waals surface area contributed by atoms with Crippen LogP contribution in [0.5, 0.6) is 0 Å². The van der Waals surface area contributed by atoms with E-state index >= 15 is 0 Å². The van der Waals surface area contributed by atoms with Crippen molar-refractivity contribution < 1.29 is 4.39 Å². The lowest BCUT2D eigenvalue weighted by molar-refractivity contribution is 0.348. The minimum atomic E-state index is -0.375. The van der Waals surface area contributed by atoms with Crippen LogP contribution in [0.2, 0.25) is 0 Å². The molecule has 0 radical (unpaired) electrons. The Morgan fingerprint density at radius 2 is 1.96 bits per heavy atom. The lowest BCUT2D eigenvalue weighted by Gasteiger charge is -2.33. The molecular formula is C21H24FN5O. The Morgan fingerprint density at radius 3 is 2.71 bits per heavy atom. The molecule has 146 valence electrons. The third kappa shape index (κ3) is 3.61. The molecule has 6 nitrogen and oxygen atoms in total. The van der Waals surface area contributed by atoms with Crippen LogP contribution in [0.3, 0.4) is 0 Å². The zero-order chi connectivity index (χ0) is 19.7. The van der Waals surface area contributed by atoms with E-state index in [0.29, 0.717) is 29.2 Å². The van der Waals surface area contributed by atoms with Crippen LogP contribution in [-0.4, -0.2) is 32.6 Å². The smallest absolute Gasteiger partial charge is 0.261 e. The van der Waals surface area contributed by atoms with Crippen LogP contribution >= 0.6 is 0 Å². The number of nitrogens with zero attached hydrogens (tertiary/aromatic N) is 5. The Labute approximate surface area is 163 Å². The molecule has 1 fully saturated rings. The molecule has 1 aliphatic rings. The zero-order valence-electron chi connectivity index (χ0n) is 16.2. The van der Waals surface area contributed by atoms with Crippen molar-refractivity contribution >= 4 is 16.7 Å². The Bertz CT molecular complexity index is 1060. The van der Waals surface area contributed by atoms with Crippen molar-refractivity contribution in [2.75, 3.05) is 18.0 Å². The van der Waals surface area contributed by atoms with Crippen LogP contribution in [0.25, 0.3) is 10.9 Å². The molecule has 1 aromatic carbocycles. The van der Waals surface area contributed by atoms with Crippen LogP contribution in [0.1, 0.15) is 31.3 Å². The van der Waals surface area contributed by atoms with Gasteiger partial charge in [-0.1, -0.05) is 6.92 Å². The summed E-state index contributed by atoms with van der Waals surface area (Å²) in [4.78, 5) is 28.3. The summed E-state index contributed by atoms with van der Waals surface area (Å²) < 4.78 is 15.2. The SMILES string of the molecule is CCc1cc(N2CCC(Cn3c(C)nc4cc(F)ccc4c3=O)CC2)ncn1. The predicted molar refractivity (Wildman–Crippen MR) is 107 cm³/mol. The molecule has 1 aliphatic heterocycles. The second kappa shape index (κ2) is 7.66. The van der Waals surface area contributed by atoms with E-state index < -0.39 is 0 Å². The third-order valence-electron chi connectivity index (χ3n) is 5.56. The Morgan fingerprint density at radius 1 is 1.18 bits per heavy atom. The number of halogens is 1. The molecule has 2 aromatic heterocycles. The summed E-state index contributed by atoms with van der Waals surface area (Å²) >= 11 is 0. The van der Waals surface area contributed by atoms with Gasteiger partial charge in [-0.15, -0.1) is 0 Å². The number of aromatic nitrogens is 4. The quantitative estimate of drug-likeness (QED) is 0.695. The van der Waals surface area contributed by atoms with E-state index in [4.69, 9.17) is 0 Å². The summed E-state index contributed by atoms with van der Waals surface area (Å²) in [5, 5.41) is 0.470. The molecule has 0 amide bonds. The Balaban J connectivity index is 1.49. The van der Waals surface area contributed by atoms with Gasteiger partial charge in [0.15, 0.2) is 0 Å². The standard InChI is InChI=1S/C21H24FN5O/c1-3-17-11-20(24-13-23-17)26-8-6-15(7-9-26)12-27-14(2)25-19-10-16(22)4-5-18(19)21(27)28/h4-5,10-11,13,15H,3,6-9,12H2,1-2H3. The number of benzene rings is 1. The lowest BCUT2D eigenvalue weighted by atomic mass is 9.96. The van der Waals surface area contributed by atoms with Gasteiger partial charge in [-0.3, -0.25) is 9.36 Å². The summed E-state index contributed by atoms with van der Waals surface area (Å²) in [6.07, 6.45) is 4.50. The van der Waals surface area contributed by atoms with Crippen LogP contribution < -0.4 is 10.5 Å². The van der Waals surface area contributed by atoms with Gasteiger partial charge in [0.2, 0.25) is 0 Å². The Hall–Kier alpha value is -2.83. The first-order valence-corrected chi connectivity index (χ1v) is 9.77. The number of anilines is 1. The van der Waals surface area contributed by atoms with Gasteiger partial charge >= 0.3 is 0 Å². The minimum Gasteiger partial charge on any atom is -0.356 e. The van der Waals surface area contributed by atoms with Crippen molar-refractivity contribution in [1.82, 2.24) is 19.5 Å². The van der Waals surface area contributed by atoms with Gasteiger partial charge in [0.25, 0.3) is 5.56 Å². The van der Waals surface area contributed by atoms with Crippen molar-refractivity contribution in [3.8, 4) is 0 Å². The minimum absolute atomic E-state index is 0.0895. The van der Waals surface area contributed by atoms with E-state index in [9.17, 15) is 9.18 Å². The summed E-state index contributed by atoms with van der Waals surface area (Å²) in [6.45, 7) is 6.36. The normalized spacial score (nSPS) is 15.3. The van der Waals surface area contributed by atoms with Crippen LogP contribution in [0.15, 0.2) is 35.4 Å². The van der Waals surface area contributed by atoms with Gasteiger partial charge in [0, 0.05) is 37.5 Å². The molecule has 3 heterocycles. The van der Waals surface area contributed by atoms with E-state index in [1.807, 2.05) is 6.92 Å². The van der Waals surface area contributed by atoms with E-state index in [0.717, 1.165) is 43.9 Å². The van der Waals surface area contributed by atoms with Crippen molar-refractivity contribution in [3.63, 3.8) is 0 Å². The third-order valence-corrected chi connectivity index (χ3v) is 5.56. The van der Waals surface area contributed by atoms with E-state index in [-0.39, 0.29) is 11.4 Å². The first kappa shape index (κ1) is 18.5. The number of piperidine rings is 1. The highest BCUT2D eigenvalue weighted by atomic mass is 19.1. The highest BCUT2D eigenvalue weighted by Crippen LogP contribution is 2.23. The molecular weight excluding hydrogens is 357 g/mol. The number of aryl methyl sites for hydroxylation is 2.